The molecule has 2 aromatic carbocycles. The number of aromatic nitrogens is 1. The van der Waals surface area contributed by atoms with Crippen molar-refractivity contribution >= 4 is 17.6 Å². The van der Waals surface area contributed by atoms with Gasteiger partial charge in [-0.2, -0.15) is 5.10 Å². The van der Waals surface area contributed by atoms with E-state index in [4.69, 9.17) is 9.73 Å². The predicted molar refractivity (Wildman–Crippen MR) is 107 cm³/mol. The lowest BCUT2D eigenvalue weighted by atomic mass is 10.1. The second-order valence-corrected chi connectivity index (χ2v) is 7.16. The van der Waals surface area contributed by atoms with Crippen LogP contribution in [0.1, 0.15) is 18.4 Å². The summed E-state index contributed by atoms with van der Waals surface area (Å²) in [6, 6.07) is 16.6. The minimum absolute atomic E-state index is 0.163. The topological polar surface area (TPSA) is 38.9 Å². The van der Waals surface area contributed by atoms with Gasteiger partial charge in [0.2, 0.25) is 4.80 Å². The lowest BCUT2D eigenvalue weighted by molar-refractivity contribution is 0.117. The van der Waals surface area contributed by atoms with Gasteiger partial charge in [0.15, 0.2) is 0 Å². The summed E-state index contributed by atoms with van der Waals surface area (Å²) in [5, 5.41) is 6.50. The molecule has 1 aromatic heterocycles. The largest absolute Gasteiger partial charge is 0.376 e. The molecular weight excluding hydrogens is 361 g/mol. The standard InChI is InChI=1S/C21H20FN3OS/c22-19-11-5-4-10-18(19)20-15-27-21(23-14-17-9-6-12-26-17)25(20)24-13-16-7-2-1-3-8-16/h1-5,7-8,10-11,13,15,17H,6,9,12,14H2/b23-21?,24-13-/t17-/m1/s1. The van der Waals surface area contributed by atoms with Crippen LogP contribution in [0.15, 0.2) is 70.1 Å². The van der Waals surface area contributed by atoms with E-state index in [0.717, 1.165) is 29.8 Å². The van der Waals surface area contributed by atoms with Crippen LogP contribution in [-0.4, -0.2) is 30.1 Å². The lowest BCUT2D eigenvalue weighted by Gasteiger charge is -2.06. The van der Waals surface area contributed by atoms with E-state index in [0.29, 0.717) is 17.8 Å². The molecule has 1 saturated heterocycles. The number of ether oxygens (including phenoxy) is 1. The summed E-state index contributed by atoms with van der Waals surface area (Å²) in [4.78, 5) is 5.43. The zero-order valence-electron chi connectivity index (χ0n) is 14.8. The molecular formula is C21H20FN3OS. The van der Waals surface area contributed by atoms with Crippen molar-refractivity contribution in [1.82, 2.24) is 4.68 Å². The molecule has 138 valence electrons. The summed E-state index contributed by atoms with van der Waals surface area (Å²) in [5.74, 6) is -0.273. The Labute approximate surface area is 161 Å². The molecule has 0 amide bonds. The maximum absolute atomic E-state index is 14.3. The third-order valence-electron chi connectivity index (χ3n) is 4.41. The Bertz CT molecular complexity index is 988. The first kappa shape index (κ1) is 17.8. The van der Waals surface area contributed by atoms with E-state index in [1.807, 2.05) is 41.8 Å². The summed E-state index contributed by atoms with van der Waals surface area (Å²) in [5.41, 5.74) is 2.18. The summed E-state index contributed by atoms with van der Waals surface area (Å²) in [6.07, 6.45) is 4.04. The van der Waals surface area contributed by atoms with E-state index in [-0.39, 0.29) is 11.9 Å². The van der Waals surface area contributed by atoms with Crippen molar-refractivity contribution in [1.29, 1.82) is 0 Å². The maximum atomic E-state index is 14.3. The third-order valence-corrected chi connectivity index (χ3v) is 5.27. The molecule has 0 saturated carbocycles. The summed E-state index contributed by atoms with van der Waals surface area (Å²) < 4.78 is 21.7. The summed E-state index contributed by atoms with van der Waals surface area (Å²) >= 11 is 1.46. The van der Waals surface area contributed by atoms with Gasteiger partial charge in [-0.15, -0.1) is 11.3 Å². The molecule has 1 aliphatic heterocycles. The molecule has 27 heavy (non-hydrogen) atoms. The van der Waals surface area contributed by atoms with E-state index < -0.39 is 0 Å². The van der Waals surface area contributed by atoms with Gasteiger partial charge in [0.25, 0.3) is 0 Å². The highest BCUT2D eigenvalue weighted by Gasteiger charge is 2.15. The molecule has 1 aliphatic rings. The van der Waals surface area contributed by atoms with E-state index >= 15 is 0 Å². The van der Waals surface area contributed by atoms with Crippen molar-refractivity contribution in [2.75, 3.05) is 13.2 Å². The first-order chi connectivity index (χ1) is 13.3. The number of rotatable bonds is 5. The zero-order chi connectivity index (χ0) is 18.5. The smallest absolute Gasteiger partial charge is 0.206 e. The summed E-state index contributed by atoms with van der Waals surface area (Å²) in [6.45, 7) is 1.40. The Morgan fingerprint density at radius 2 is 1.96 bits per heavy atom. The van der Waals surface area contributed by atoms with Crippen LogP contribution in [-0.2, 0) is 4.74 Å². The average molecular weight is 381 g/mol. The number of hydrogen-bond acceptors (Lipinski definition) is 4. The molecule has 4 nitrogen and oxygen atoms in total. The fourth-order valence-corrected chi connectivity index (χ4v) is 3.84. The number of halogens is 1. The highest BCUT2D eigenvalue weighted by Crippen LogP contribution is 2.23. The Kier molecular flexibility index (Phi) is 5.55. The van der Waals surface area contributed by atoms with Crippen molar-refractivity contribution < 1.29 is 9.13 Å². The van der Waals surface area contributed by atoms with Crippen LogP contribution in [0.2, 0.25) is 0 Å². The first-order valence-electron chi connectivity index (χ1n) is 8.98. The Morgan fingerprint density at radius 3 is 2.74 bits per heavy atom. The van der Waals surface area contributed by atoms with Crippen LogP contribution in [0.25, 0.3) is 11.3 Å². The monoisotopic (exact) mass is 381 g/mol. The molecule has 0 bridgehead atoms. The van der Waals surface area contributed by atoms with E-state index in [9.17, 15) is 4.39 Å². The van der Waals surface area contributed by atoms with Crippen LogP contribution in [0.4, 0.5) is 4.39 Å². The first-order valence-corrected chi connectivity index (χ1v) is 9.86. The van der Waals surface area contributed by atoms with Gasteiger partial charge >= 0.3 is 0 Å². The normalized spacial score (nSPS) is 17.8. The lowest BCUT2D eigenvalue weighted by Crippen LogP contribution is -2.17. The van der Waals surface area contributed by atoms with E-state index in [1.165, 1.54) is 17.4 Å². The molecule has 2 heterocycles. The molecule has 1 atom stereocenters. The summed E-state index contributed by atoms with van der Waals surface area (Å²) in [7, 11) is 0. The van der Waals surface area contributed by atoms with Crippen molar-refractivity contribution in [2.45, 2.75) is 18.9 Å². The number of thiazole rings is 1. The number of nitrogens with zero attached hydrogens (tertiary/aromatic N) is 3. The predicted octanol–water partition coefficient (Wildman–Crippen LogP) is 4.32. The average Bonchev–Trinajstić information content (AvgIpc) is 3.36. The van der Waals surface area contributed by atoms with Gasteiger partial charge in [0, 0.05) is 17.6 Å². The quantitative estimate of drug-likeness (QED) is 0.607. The molecule has 0 radical (unpaired) electrons. The van der Waals surface area contributed by atoms with Crippen molar-refractivity contribution in [3.63, 3.8) is 0 Å². The molecule has 6 heteroatoms. The van der Waals surface area contributed by atoms with Gasteiger partial charge in [0.1, 0.15) is 5.82 Å². The molecule has 0 unspecified atom stereocenters. The van der Waals surface area contributed by atoms with Gasteiger partial charge in [-0.25, -0.2) is 9.07 Å². The van der Waals surface area contributed by atoms with Gasteiger partial charge < -0.3 is 4.74 Å². The number of hydrogen-bond donors (Lipinski definition) is 0. The van der Waals surface area contributed by atoms with Gasteiger partial charge in [-0.05, 0) is 30.5 Å². The van der Waals surface area contributed by atoms with E-state index in [2.05, 4.69) is 5.10 Å². The Balaban J connectivity index is 1.74. The van der Waals surface area contributed by atoms with Gasteiger partial charge in [-0.3, -0.25) is 4.99 Å². The highest BCUT2D eigenvalue weighted by atomic mass is 32.1. The molecule has 3 aromatic rings. The molecule has 0 aliphatic carbocycles. The number of benzene rings is 2. The molecule has 0 N–H and O–H groups in total. The SMILES string of the molecule is Fc1ccccc1-c1csc(=NC[C@H]2CCCO2)n1/N=C\c1ccccc1. The Morgan fingerprint density at radius 1 is 1.15 bits per heavy atom. The van der Waals surface area contributed by atoms with Crippen molar-refractivity contribution in [3.05, 3.63) is 76.2 Å². The van der Waals surface area contributed by atoms with Crippen LogP contribution in [0.3, 0.4) is 0 Å². The van der Waals surface area contributed by atoms with Crippen LogP contribution < -0.4 is 4.80 Å². The Hall–Kier alpha value is -2.57. The zero-order valence-corrected chi connectivity index (χ0v) is 15.6. The highest BCUT2D eigenvalue weighted by molar-refractivity contribution is 7.07. The van der Waals surface area contributed by atoms with Gasteiger partial charge in [0.05, 0.1) is 24.6 Å². The fourth-order valence-electron chi connectivity index (χ4n) is 3.01. The molecule has 4 rings (SSSR count). The van der Waals surface area contributed by atoms with Crippen molar-refractivity contribution in [2.24, 2.45) is 10.1 Å². The van der Waals surface area contributed by atoms with Crippen LogP contribution in [0.5, 0.6) is 0 Å². The minimum atomic E-state index is -0.273. The minimum Gasteiger partial charge on any atom is -0.376 e. The van der Waals surface area contributed by atoms with Crippen LogP contribution >= 0.6 is 11.3 Å². The second-order valence-electron chi connectivity index (χ2n) is 6.33. The fraction of sp³-hybridized carbons (Fsp3) is 0.238. The van der Waals surface area contributed by atoms with Crippen molar-refractivity contribution in [3.8, 4) is 11.3 Å². The van der Waals surface area contributed by atoms with Crippen LogP contribution in [0, 0.1) is 5.82 Å². The second kappa shape index (κ2) is 8.41. The van der Waals surface area contributed by atoms with Gasteiger partial charge in [-0.1, -0.05) is 42.5 Å². The molecule has 0 spiro atoms. The third kappa shape index (κ3) is 4.23. The van der Waals surface area contributed by atoms with E-state index in [1.54, 1.807) is 23.0 Å². The maximum Gasteiger partial charge on any atom is 0.206 e. The molecule has 1 fully saturated rings.